The van der Waals surface area contributed by atoms with Crippen LogP contribution in [0.5, 0.6) is 5.75 Å². The summed E-state index contributed by atoms with van der Waals surface area (Å²) in [6.45, 7) is 2.50. The van der Waals surface area contributed by atoms with Gasteiger partial charge in [0.1, 0.15) is 5.75 Å². The quantitative estimate of drug-likeness (QED) is 0.889. The van der Waals surface area contributed by atoms with Gasteiger partial charge < -0.3 is 15.4 Å². The lowest BCUT2D eigenvalue weighted by atomic mass is 10.2. The Morgan fingerprint density at radius 2 is 2.20 bits per heavy atom. The van der Waals surface area contributed by atoms with Gasteiger partial charge in [-0.3, -0.25) is 0 Å². The second-order valence-electron chi connectivity index (χ2n) is 3.50. The molecular weight excluding hydrogens is 256 g/mol. The molecule has 0 aromatic heterocycles. The highest BCUT2D eigenvalue weighted by molar-refractivity contribution is 9.10. The number of rotatable bonds is 5. The molecule has 2 N–H and O–H groups in total. The van der Waals surface area contributed by atoms with Crippen LogP contribution < -0.4 is 10.5 Å². The first-order valence-corrected chi connectivity index (χ1v) is 5.67. The maximum absolute atomic E-state index is 5.49. The molecule has 1 rings (SSSR count). The molecule has 0 amide bonds. The van der Waals surface area contributed by atoms with E-state index in [9.17, 15) is 0 Å². The summed E-state index contributed by atoms with van der Waals surface area (Å²) in [7, 11) is 3.73. The molecule has 0 spiro atoms. The van der Waals surface area contributed by atoms with E-state index in [1.54, 1.807) is 7.11 Å². The summed E-state index contributed by atoms with van der Waals surface area (Å²) < 4.78 is 6.16. The lowest BCUT2D eigenvalue weighted by molar-refractivity contribution is 0.336. The number of ether oxygens (including phenoxy) is 1. The largest absolute Gasteiger partial charge is 0.496 e. The Balaban J connectivity index is 2.66. The Bertz CT molecular complexity index is 317. The van der Waals surface area contributed by atoms with E-state index in [1.165, 1.54) is 5.56 Å². The van der Waals surface area contributed by atoms with Crippen molar-refractivity contribution in [2.24, 2.45) is 5.73 Å². The highest BCUT2D eigenvalue weighted by Gasteiger charge is 2.03. The molecule has 1 aromatic carbocycles. The molecule has 0 saturated heterocycles. The molecule has 0 aliphatic carbocycles. The zero-order valence-corrected chi connectivity index (χ0v) is 10.8. The second kappa shape index (κ2) is 6.10. The van der Waals surface area contributed by atoms with E-state index in [1.807, 2.05) is 6.07 Å². The number of methoxy groups -OCH3 is 1. The fourth-order valence-electron chi connectivity index (χ4n) is 1.42. The SMILES string of the molecule is COc1ccc(CN(C)CCN)cc1Br. The van der Waals surface area contributed by atoms with Crippen molar-refractivity contribution >= 4 is 15.9 Å². The third-order valence-electron chi connectivity index (χ3n) is 2.18. The molecule has 0 aliphatic rings. The molecule has 15 heavy (non-hydrogen) atoms. The summed E-state index contributed by atoms with van der Waals surface area (Å²) in [5.74, 6) is 0.861. The first-order valence-electron chi connectivity index (χ1n) is 4.88. The minimum absolute atomic E-state index is 0.688. The predicted octanol–water partition coefficient (Wildman–Crippen LogP) is 1.85. The summed E-state index contributed by atoms with van der Waals surface area (Å²) in [4.78, 5) is 2.19. The van der Waals surface area contributed by atoms with Crippen LogP contribution in [0.2, 0.25) is 0 Å². The number of benzene rings is 1. The molecule has 0 saturated carbocycles. The van der Waals surface area contributed by atoms with Crippen molar-refractivity contribution in [3.05, 3.63) is 28.2 Å². The predicted molar refractivity (Wildman–Crippen MR) is 66.1 cm³/mol. The van der Waals surface area contributed by atoms with Crippen molar-refractivity contribution in [3.63, 3.8) is 0 Å². The molecule has 4 heteroatoms. The van der Waals surface area contributed by atoms with Crippen molar-refractivity contribution in [1.29, 1.82) is 0 Å². The van der Waals surface area contributed by atoms with Gasteiger partial charge in [0.25, 0.3) is 0 Å². The molecule has 0 bridgehead atoms. The highest BCUT2D eigenvalue weighted by atomic mass is 79.9. The van der Waals surface area contributed by atoms with Gasteiger partial charge in [0, 0.05) is 19.6 Å². The summed E-state index contributed by atoms with van der Waals surface area (Å²) in [6, 6.07) is 6.11. The van der Waals surface area contributed by atoms with E-state index < -0.39 is 0 Å². The topological polar surface area (TPSA) is 38.5 Å². The summed E-state index contributed by atoms with van der Waals surface area (Å²) >= 11 is 3.47. The van der Waals surface area contributed by atoms with Crippen LogP contribution >= 0.6 is 15.9 Å². The van der Waals surface area contributed by atoms with Crippen LogP contribution in [-0.4, -0.2) is 32.1 Å². The first kappa shape index (κ1) is 12.5. The van der Waals surface area contributed by atoms with E-state index in [0.29, 0.717) is 6.54 Å². The molecule has 84 valence electrons. The zero-order valence-electron chi connectivity index (χ0n) is 9.16. The van der Waals surface area contributed by atoms with Gasteiger partial charge in [0.2, 0.25) is 0 Å². The van der Waals surface area contributed by atoms with Crippen LogP contribution in [0.4, 0.5) is 0 Å². The number of likely N-dealkylation sites (N-methyl/N-ethyl adjacent to an activating group) is 1. The Kier molecular flexibility index (Phi) is 5.08. The summed E-state index contributed by atoms with van der Waals surface area (Å²) in [5, 5.41) is 0. The molecule has 0 heterocycles. The Labute approximate surface area is 99.3 Å². The minimum Gasteiger partial charge on any atom is -0.496 e. The Morgan fingerprint density at radius 1 is 1.47 bits per heavy atom. The van der Waals surface area contributed by atoms with Gasteiger partial charge in [-0.05, 0) is 40.7 Å². The van der Waals surface area contributed by atoms with Crippen molar-refractivity contribution in [1.82, 2.24) is 4.90 Å². The van der Waals surface area contributed by atoms with Crippen LogP contribution in [0.1, 0.15) is 5.56 Å². The molecule has 0 unspecified atom stereocenters. The number of hydrogen-bond acceptors (Lipinski definition) is 3. The number of halogens is 1. The number of nitrogens with zero attached hydrogens (tertiary/aromatic N) is 1. The Hall–Kier alpha value is -0.580. The maximum Gasteiger partial charge on any atom is 0.133 e. The fraction of sp³-hybridized carbons (Fsp3) is 0.455. The van der Waals surface area contributed by atoms with Crippen LogP contribution in [0, 0.1) is 0 Å². The Morgan fingerprint density at radius 3 is 2.73 bits per heavy atom. The molecule has 0 aliphatic heterocycles. The van der Waals surface area contributed by atoms with Crippen LogP contribution in [0.25, 0.3) is 0 Å². The van der Waals surface area contributed by atoms with Crippen LogP contribution in [0.15, 0.2) is 22.7 Å². The highest BCUT2D eigenvalue weighted by Crippen LogP contribution is 2.25. The zero-order chi connectivity index (χ0) is 11.3. The average Bonchev–Trinajstić information content (AvgIpc) is 2.18. The third-order valence-corrected chi connectivity index (χ3v) is 2.80. The van der Waals surface area contributed by atoms with E-state index in [2.05, 4.69) is 40.0 Å². The smallest absolute Gasteiger partial charge is 0.133 e. The van der Waals surface area contributed by atoms with E-state index in [4.69, 9.17) is 10.5 Å². The van der Waals surface area contributed by atoms with Crippen molar-refractivity contribution in [2.75, 3.05) is 27.2 Å². The third kappa shape index (κ3) is 3.81. The molecular formula is C11H17BrN2O. The molecule has 0 fully saturated rings. The lowest BCUT2D eigenvalue weighted by Gasteiger charge is -2.15. The average molecular weight is 273 g/mol. The van der Waals surface area contributed by atoms with Gasteiger partial charge in [-0.15, -0.1) is 0 Å². The minimum atomic E-state index is 0.688. The number of hydrogen-bond donors (Lipinski definition) is 1. The molecule has 0 radical (unpaired) electrons. The van der Waals surface area contributed by atoms with Crippen molar-refractivity contribution in [2.45, 2.75) is 6.54 Å². The molecule has 1 aromatic rings. The van der Waals surface area contributed by atoms with Crippen LogP contribution in [0.3, 0.4) is 0 Å². The van der Waals surface area contributed by atoms with E-state index in [-0.39, 0.29) is 0 Å². The monoisotopic (exact) mass is 272 g/mol. The standard InChI is InChI=1S/C11H17BrN2O/c1-14(6-5-13)8-9-3-4-11(15-2)10(12)7-9/h3-4,7H,5-6,8,13H2,1-2H3. The normalized spacial score (nSPS) is 10.7. The van der Waals surface area contributed by atoms with E-state index in [0.717, 1.165) is 23.3 Å². The van der Waals surface area contributed by atoms with Gasteiger partial charge in [-0.25, -0.2) is 0 Å². The molecule has 0 atom stereocenters. The maximum atomic E-state index is 5.49. The van der Waals surface area contributed by atoms with Gasteiger partial charge in [0.05, 0.1) is 11.6 Å². The lowest BCUT2D eigenvalue weighted by Crippen LogP contribution is -2.24. The van der Waals surface area contributed by atoms with Gasteiger partial charge in [0.15, 0.2) is 0 Å². The van der Waals surface area contributed by atoms with Gasteiger partial charge in [-0.2, -0.15) is 0 Å². The fourth-order valence-corrected chi connectivity index (χ4v) is 2.01. The second-order valence-corrected chi connectivity index (χ2v) is 4.35. The van der Waals surface area contributed by atoms with Crippen LogP contribution in [-0.2, 0) is 6.54 Å². The number of nitrogens with two attached hydrogens (primary N) is 1. The van der Waals surface area contributed by atoms with E-state index >= 15 is 0 Å². The van der Waals surface area contributed by atoms with Gasteiger partial charge >= 0.3 is 0 Å². The van der Waals surface area contributed by atoms with Crippen molar-refractivity contribution < 1.29 is 4.74 Å². The summed E-state index contributed by atoms with van der Waals surface area (Å²) in [5.41, 5.74) is 6.74. The van der Waals surface area contributed by atoms with Crippen molar-refractivity contribution in [3.8, 4) is 5.75 Å². The summed E-state index contributed by atoms with van der Waals surface area (Å²) in [6.07, 6.45) is 0. The van der Waals surface area contributed by atoms with Gasteiger partial charge in [-0.1, -0.05) is 6.07 Å². The molecule has 3 nitrogen and oxygen atoms in total. The first-order chi connectivity index (χ1) is 7.17.